The molecule has 0 saturated carbocycles. The molecule has 2 rings (SSSR count). The summed E-state index contributed by atoms with van der Waals surface area (Å²) >= 11 is 0. The number of hydrogen-bond acceptors (Lipinski definition) is 6. The van der Waals surface area contributed by atoms with Crippen LogP contribution in [0.1, 0.15) is 17.4 Å². The minimum absolute atomic E-state index is 0.108. The molecule has 1 fully saturated rings. The van der Waals surface area contributed by atoms with Crippen LogP contribution in [-0.4, -0.2) is 91.7 Å². The number of nitrogens with one attached hydrogen (secondary N) is 1. The predicted molar refractivity (Wildman–Crippen MR) is 95.8 cm³/mol. The maximum absolute atomic E-state index is 12.5. The first-order valence-corrected chi connectivity index (χ1v) is 8.57. The summed E-state index contributed by atoms with van der Waals surface area (Å²) < 4.78 is 4.98. The van der Waals surface area contributed by atoms with E-state index in [9.17, 15) is 9.59 Å². The zero-order chi connectivity index (χ0) is 18.2. The molecular formula is C17H27N5O3. The number of aromatic nitrogens is 1. The lowest BCUT2D eigenvalue weighted by Gasteiger charge is -2.33. The fourth-order valence-electron chi connectivity index (χ4n) is 2.52. The van der Waals surface area contributed by atoms with Crippen LogP contribution in [0, 0.1) is 0 Å². The Morgan fingerprint density at radius 2 is 1.88 bits per heavy atom. The van der Waals surface area contributed by atoms with Crippen LogP contribution >= 0.6 is 0 Å². The molecule has 1 aliphatic rings. The fraction of sp³-hybridized carbons (Fsp3) is 0.588. The smallest absolute Gasteiger partial charge is 0.409 e. The van der Waals surface area contributed by atoms with Crippen LogP contribution < -0.4 is 5.32 Å². The van der Waals surface area contributed by atoms with Crippen molar-refractivity contribution in [1.82, 2.24) is 19.7 Å². The molecule has 1 aromatic heterocycles. The van der Waals surface area contributed by atoms with Gasteiger partial charge in [0.2, 0.25) is 0 Å². The highest BCUT2D eigenvalue weighted by Crippen LogP contribution is 2.11. The Kier molecular flexibility index (Phi) is 7.00. The first-order valence-electron chi connectivity index (χ1n) is 8.57. The van der Waals surface area contributed by atoms with Crippen molar-refractivity contribution in [1.29, 1.82) is 0 Å². The lowest BCUT2D eigenvalue weighted by atomic mass is 10.2. The van der Waals surface area contributed by atoms with E-state index in [2.05, 4.69) is 15.2 Å². The van der Waals surface area contributed by atoms with Crippen LogP contribution in [0.15, 0.2) is 18.3 Å². The van der Waals surface area contributed by atoms with Gasteiger partial charge in [-0.2, -0.15) is 0 Å². The van der Waals surface area contributed by atoms with Gasteiger partial charge in [0.25, 0.3) is 5.91 Å². The monoisotopic (exact) mass is 349 g/mol. The number of pyridine rings is 1. The van der Waals surface area contributed by atoms with Gasteiger partial charge >= 0.3 is 6.09 Å². The minimum Gasteiger partial charge on any atom is -0.450 e. The van der Waals surface area contributed by atoms with Gasteiger partial charge in [0.1, 0.15) is 5.69 Å². The van der Waals surface area contributed by atoms with Gasteiger partial charge in [0.15, 0.2) is 0 Å². The third kappa shape index (κ3) is 5.60. The lowest BCUT2D eigenvalue weighted by molar-refractivity contribution is 0.0566. The van der Waals surface area contributed by atoms with Crippen molar-refractivity contribution in [2.75, 3.05) is 65.3 Å². The Morgan fingerprint density at radius 1 is 1.20 bits per heavy atom. The van der Waals surface area contributed by atoms with E-state index < -0.39 is 0 Å². The first kappa shape index (κ1) is 19.0. The normalized spacial score (nSPS) is 14.6. The number of piperazine rings is 1. The molecule has 0 radical (unpaired) electrons. The molecule has 8 heteroatoms. The van der Waals surface area contributed by atoms with E-state index in [0.29, 0.717) is 38.5 Å². The highest BCUT2D eigenvalue weighted by Gasteiger charge is 2.25. The van der Waals surface area contributed by atoms with E-state index in [1.54, 1.807) is 29.0 Å². The molecule has 0 aromatic carbocycles. The molecule has 8 nitrogen and oxygen atoms in total. The molecule has 0 unspecified atom stereocenters. The number of carbonyl (C=O) groups excluding carboxylic acids is 2. The zero-order valence-corrected chi connectivity index (χ0v) is 15.2. The van der Waals surface area contributed by atoms with Crippen LogP contribution in [0.25, 0.3) is 0 Å². The number of anilines is 1. The highest BCUT2D eigenvalue weighted by molar-refractivity contribution is 5.92. The van der Waals surface area contributed by atoms with E-state index in [-0.39, 0.29) is 12.0 Å². The summed E-state index contributed by atoms with van der Waals surface area (Å²) in [7, 11) is 4.03. The largest absolute Gasteiger partial charge is 0.450 e. The van der Waals surface area contributed by atoms with Crippen molar-refractivity contribution in [3.05, 3.63) is 24.0 Å². The average Bonchev–Trinajstić information content (AvgIpc) is 2.62. The first-order chi connectivity index (χ1) is 12.0. The molecule has 1 aromatic rings. The second-order valence-corrected chi connectivity index (χ2v) is 6.14. The van der Waals surface area contributed by atoms with Gasteiger partial charge < -0.3 is 24.8 Å². The van der Waals surface area contributed by atoms with Gasteiger partial charge in [-0.05, 0) is 33.2 Å². The Labute approximate surface area is 148 Å². The third-order valence-electron chi connectivity index (χ3n) is 3.96. The topological polar surface area (TPSA) is 78.0 Å². The standard InChI is InChI=1S/C17H27N5O3/c1-4-25-17(24)22-11-9-21(10-12-22)16(23)15-6-5-14(13-19-15)18-7-8-20(2)3/h5-6,13,18H,4,7-12H2,1-3H3. The van der Waals surface area contributed by atoms with E-state index in [4.69, 9.17) is 4.74 Å². The van der Waals surface area contributed by atoms with Gasteiger partial charge in [0.05, 0.1) is 18.5 Å². The lowest BCUT2D eigenvalue weighted by Crippen LogP contribution is -2.50. The summed E-state index contributed by atoms with van der Waals surface area (Å²) in [5.41, 5.74) is 1.31. The molecule has 0 bridgehead atoms. The zero-order valence-electron chi connectivity index (χ0n) is 15.2. The predicted octanol–water partition coefficient (Wildman–Crippen LogP) is 0.969. The van der Waals surface area contributed by atoms with Crippen LogP contribution in [0.4, 0.5) is 10.5 Å². The Bertz CT molecular complexity index is 568. The molecule has 0 atom stereocenters. The summed E-state index contributed by atoms with van der Waals surface area (Å²) in [4.78, 5) is 33.9. The maximum Gasteiger partial charge on any atom is 0.409 e. The molecule has 1 aliphatic heterocycles. The van der Waals surface area contributed by atoms with Crippen LogP contribution in [0.3, 0.4) is 0 Å². The van der Waals surface area contributed by atoms with Crippen molar-refractivity contribution in [2.24, 2.45) is 0 Å². The molecule has 25 heavy (non-hydrogen) atoms. The van der Waals surface area contributed by atoms with Crippen molar-refractivity contribution >= 4 is 17.7 Å². The third-order valence-corrected chi connectivity index (χ3v) is 3.96. The Morgan fingerprint density at radius 3 is 2.44 bits per heavy atom. The average molecular weight is 349 g/mol. The Balaban J connectivity index is 1.84. The van der Waals surface area contributed by atoms with Crippen molar-refractivity contribution in [2.45, 2.75) is 6.92 Å². The van der Waals surface area contributed by atoms with Crippen LogP contribution in [0.2, 0.25) is 0 Å². The van der Waals surface area contributed by atoms with Gasteiger partial charge in [-0.15, -0.1) is 0 Å². The highest BCUT2D eigenvalue weighted by atomic mass is 16.6. The number of nitrogens with zero attached hydrogens (tertiary/aromatic N) is 4. The van der Waals surface area contributed by atoms with Gasteiger partial charge in [-0.3, -0.25) is 4.79 Å². The maximum atomic E-state index is 12.5. The number of hydrogen-bond donors (Lipinski definition) is 1. The minimum atomic E-state index is -0.319. The second-order valence-electron chi connectivity index (χ2n) is 6.14. The summed E-state index contributed by atoms with van der Waals surface area (Å²) in [5.74, 6) is -0.108. The van der Waals surface area contributed by atoms with Gasteiger partial charge in [-0.1, -0.05) is 0 Å². The number of amides is 2. The molecule has 0 aliphatic carbocycles. The van der Waals surface area contributed by atoms with E-state index in [0.717, 1.165) is 18.8 Å². The van der Waals surface area contributed by atoms with Crippen molar-refractivity contribution in [3.63, 3.8) is 0 Å². The fourth-order valence-corrected chi connectivity index (χ4v) is 2.52. The second kappa shape index (κ2) is 9.22. The molecule has 2 heterocycles. The quantitative estimate of drug-likeness (QED) is 0.825. The van der Waals surface area contributed by atoms with Gasteiger partial charge in [0, 0.05) is 39.3 Å². The van der Waals surface area contributed by atoms with Crippen molar-refractivity contribution in [3.8, 4) is 0 Å². The van der Waals surface area contributed by atoms with Gasteiger partial charge in [-0.25, -0.2) is 9.78 Å². The number of ether oxygens (including phenoxy) is 1. The molecule has 0 spiro atoms. The summed E-state index contributed by atoms with van der Waals surface area (Å²) in [5, 5.41) is 3.26. The SMILES string of the molecule is CCOC(=O)N1CCN(C(=O)c2ccc(NCCN(C)C)cn2)CC1. The van der Waals surface area contributed by atoms with Crippen LogP contribution in [0.5, 0.6) is 0 Å². The summed E-state index contributed by atoms with van der Waals surface area (Å²) in [6.07, 6.45) is 1.36. The number of rotatable bonds is 6. The van der Waals surface area contributed by atoms with E-state index >= 15 is 0 Å². The van der Waals surface area contributed by atoms with E-state index in [1.165, 1.54) is 0 Å². The van der Waals surface area contributed by atoms with Crippen molar-refractivity contribution < 1.29 is 14.3 Å². The van der Waals surface area contributed by atoms with Crippen LogP contribution in [-0.2, 0) is 4.74 Å². The molecule has 2 amide bonds. The molecular weight excluding hydrogens is 322 g/mol. The summed E-state index contributed by atoms with van der Waals surface area (Å²) in [6.45, 7) is 5.82. The Hall–Kier alpha value is -2.35. The number of carbonyl (C=O) groups is 2. The molecule has 1 saturated heterocycles. The van der Waals surface area contributed by atoms with E-state index in [1.807, 2.05) is 20.2 Å². The molecule has 1 N–H and O–H groups in total. The molecule has 138 valence electrons. The number of likely N-dealkylation sites (N-methyl/N-ethyl adjacent to an activating group) is 1. The summed E-state index contributed by atoms with van der Waals surface area (Å²) in [6, 6.07) is 3.60.